The van der Waals surface area contributed by atoms with Gasteiger partial charge in [-0.15, -0.1) is 0 Å². The molecule has 0 fully saturated rings. The molecule has 0 spiro atoms. The molecular weight excluding hydrogens is 154 g/mol. The molecule has 0 radical (unpaired) electrons. The quantitative estimate of drug-likeness (QED) is 0.604. The number of nitrogens with zero attached hydrogens (tertiary/aromatic N) is 2. The van der Waals surface area contributed by atoms with E-state index < -0.39 is 0 Å². The first-order chi connectivity index (χ1) is 5.77. The van der Waals surface area contributed by atoms with Crippen LogP contribution in [0, 0.1) is 6.92 Å². The first-order valence-corrected chi connectivity index (χ1v) is 4.09. The van der Waals surface area contributed by atoms with E-state index in [2.05, 4.69) is 10.3 Å². The van der Waals surface area contributed by atoms with Crippen molar-refractivity contribution >= 4 is 5.95 Å². The van der Waals surface area contributed by atoms with Gasteiger partial charge in [0.2, 0.25) is 5.95 Å². The van der Waals surface area contributed by atoms with Crippen molar-refractivity contribution in [1.82, 2.24) is 9.55 Å². The second kappa shape index (κ2) is 2.62. The Labute approximate surface area is 70.2 Å². The molecule has 2 heterocycles. The highest BCUT2D eigenvalue weighted by atomic mass is 16.1. The zero-order valence-electron chi connectivity index (χ0n) is 7.00. The SMILES string of the molecule is Cc1cn2c(nc1=O)NCCC2. The summed E-state index contributed by atoms with van der Waals surface area (Å²) >= 11 is 0. The molecule has 0 amide bonds. The van der Waals surface area contributed by atoms with Gasteiger partial charge in [0.25, 0.3) is 5.56 Å². The van der Waals surface area contributed by atoms with E-state index in [0.29, 0.717) is 11.5 Å². The van der Waals surface area contributed by atoms with Crippen LogP contribution in [0.1, 0.15) is 12.0 Å². The number of fused-ring (bicyclic) bond motifs is 1. The third-order valence-corrected chi connectivity index (χ3v) is 2.03. The predicted molar refractivity (Wildman–Crippen MR) is 46.3 cm³/mol. The minimum absolute atomic E-state index is 0.129. The number of nitrogens with one attached hydrogen (secondary N) is 1. The maximum atomic E-state index is 11.1. The van der Waals surface area contributed by atoms with E-state index in [1.165, 1.54) is 0 Å². The Morgan fingerprint density at radius 1 is 1.67 bits per heavy atom. The van der Waals surface area contributed by atoms with Gasteiger partial charge in [-0.2, -0.15) is 4.98 Å². The minimum atomic E-state index is -0.129. The molecule has 12 heavy (non-hydrogen) atoms. The molecule has 64 valence electrons. The van der Waals surface area contributed by atoms with E-state index in [9.17, 15) is 4.79 Å². The van der Waals surface area contributed by atoms with Crippen LogP contribution in [0.3, 0.4) is 0 Å². The van der Waals surface area contributed by atoms with E-state index in [1.807, 2.05) is 10.8 Å². The normalized spacial score (nSPS) is 15.1. The zero-order valence-corrected chi connectivity index (χ0v) is 7.00. The molecule has 0 aliphatic carbocycles. The lowest BCUT2D eigenvalue weighted by molar-refractivity contribution is 0.607. The molecular formula is C8H11N3O. The van der Waals surface area contributed by atoms with Crippen LogP contribution >= 0.6 is 0 Å². The molecule has 4 nitrogen and oxygen atoms in total. The van der Waals surface area contributed by atoms with E-state index in [4.69, 9.17) is 0 Å². The van der Waals surface area contributed by atoms with Crippen LogP contribution in [0.4, 0.5) is 5.95 Å². The molecule has 4 heteroatoms. The Morgan fingerprint density at radius 3 is 3.33 bits per heavy atom. The van der Waals surface area contributed by atoms with Gasteiger partial charge < -0.3 is 9.88 Å². The van der Waals surface area contributed by atoms with Crippen molar-refractivity contribution in [3.63, 3.8) is 0 Å². The lowest BCUT2D eigenvalue weighted by Crippen LogP contribution is -2.25. The Hall–Kier alpha value is -1.32. The molecule has 0 aromatic carbocycles. The number of aromatic nitrogens is 2. The smallest absolute Gasteiger partial charge is 0.277 e. The molecule has 1 N–H and O–H groups in total. The zero-order chi connectivity index (χ0) is 8.55. The molecule has 0 unspecified atom stereocenters. The van der Waals surface area contributed by atoms with Gasteiger partial charge in [-0.1, -0.05) is 0 Å². The van der Waals surface area contributed by atoms with Gasteiger partial charge in [0.05, 0.1) is 0 Å². The Balaban J connectivity index is 2.56. The summed E-state index contributed by atoms with van der Waals surface area (Å²) in [5.74, 6) is 0.705. The largest absolute Gasteiger partial charge is 0.355 e. The van der Waals surface area contributed by atoms with E-state index in [-0.39, 0.29) is 5.56 Å². The fourth-order valence-electron chi connectivity index (χ4n) is 1.36. The summed E-state index contributed by atoms with van der Waals surface area (Å²) in [6, 6.07) is 0. The number of hydrogen-bond acceptors (Lipinski definition) is 3. The summed E-state index contributed by atoms with van der Waals surface area (Å²) in [5, 5.41) is 3.08. The summed E-state index contributed by atoms with van der Waals surface area (Å²) in [4.78, 5) is 15.0. The van der Waals surface area contributed by atoms with Crippen molar-refractivity contribution in [2.24, 2.45) is 0 Å². The van der Waals surface area contributed by atoms with Crippen LogP contribution in [-0.4, -0.2) is 16.1 Å². The highest BCUT2D eigenvalue weighted by molar-refractivity contribution is 5.28. The number of rotatable bonds is 0. The number of aryl methyl sites for hydroxylation is 2. The summed E-state index contributed by atoms with van der Waals surface area (Å²) in [7, 11) is 0. The molecule has 0 saturated carbocycles. The molecule has 0 atom stereocenters. The van der Waals surface area contributed by atoms with Gasteiger partial charge in [0.1, 0.15) is 0 Å². The average molecular weight is 165 g/mol. The van der Waals surface area contributed by atoms with Gasteiger partial charge in [0.15, 0.2) is 0 Å². The van der Waals surface area contributed by atoms with E-state index in [1.54, 1.807) is 6.92 Å². The van der Waals surface area contributed by atoms with Gasteiger partial charge >= 0.3 is 0 Å². The second-order valence-corrected chi connectivity index (χ2v) is 3.03. The van der Waals surface area contributed by atoms with Gasteiger partial charge in [0, 0.05) is 24.8 Å². The van der Waals surface area contributed by atoms with Gasteiger partial charge in [-0.05, 0) is 13.3 Å². The van der Waals surface area contributed by atoms with Crippen molar-refractivity contribution in [3.8, 4) is 0 Å². The summed E-state index contributed by atoms with van der Waals surface area (Å²) in [6.45, 7) is 3.66. The molecule has 1 aromatic heterocycles. The van der Waals surface area contributed by atoms with Crippen LogP contribution in [0.15, 0.2) is 11.0 Å². The Morgan fingerprint density at radius 2 is 2.50 bits per heavy atom. The van der Waals surface area contributed by atoms with Crippen LogP contribution in [0.5, 0.6) is 0 Å². The molecule has 0 bridgehead atoms. The van der Waals surface area contributed by atoms with Crippen molar-refractivity contribution in [3.05, 3.63) is 22.1 Å². The van der Waals surface area contributed by atoms with E-state index in [0.717, 1.165) is 19.5 Å². The van der Waals surface area contributed by atoms with Gasteiger partial charge in [-0.3, -0.25) is 4.79 Å². The second-order valence-electron chi connectivity index (χ2n) is 3.03. The molecule has 2 rings (SSSR count). The number of anilines is 1. The van der Waals surface area contributed by atoms with Crippen LogP contribution in [0.25, 0.3) is 0 Å². The number of hydrogen-bond donors (Lipinski definition) is 1. The van der Waals surface area contributed by atoms with Gasteiger partial charge in [-0.25, -0.2) is 0 Å². The highest BCUT2D eigenvalue weighted by Gasteiger charge is 2.08. The first-order valence-electron chi connectivity index (χ1n) is 4.09. The molecule has 1 aromatic rings. The maximum Gasteiger partial charge on any atom is 0.277 e. The van der Waals surface area contributed by atoms with Crippen LogP contribution < -0.4 is 10.9 Å². The lowest BCUT2D eigenvalue weighted by atomic mass is 10.3. The first kappa shape index (κ1) is 7.34. The Kier molecular flexibility index (Phi) is 1.60. The Bertz CT molecular complexity index is 356. The summed E-state index contributed by atoms with van der Waals surface area (Å²) in [6.07, 6.45) is 2.95. The standard InChI is InChI=1S/C8H11N3O/c1-6-5-11-4-2-3-9-8(11)10-7(6)12/h5H,2-4H2,1H3,(H,9,10,12). The predicted octanol–water partition coefficient (Wildman–Crippen LogP) is 0.367. The van der Waals surface area contributed by atoms with Crippen molar-refractivity contribution in [2.45, 2.75) is 19.9 Å². The summed E-state index contributed by atoms with van der Waals surface area (Å²) < 4.78 is 1.99. The topological polar surface area (TPSA) is 46.9 Å². The fraction of sp³-hybridized carbons (Fsp3) is 0.500. The highest BCUT2D eigenvalue weighted by Crippen LogP contribution is 2.08. The van der Waals surface area contributed by atoms with E-state index >= 15 is 0 Å². The van der Waals surface area contributed by atoms with Crippen molar-refractivity contribution in [2.75, 3.05) is 11.9 Å². The maximum absolute atomic E-state index is 11.1. The average Bonchev–Trinajstić information content (AvgIpc) is 2.07. The molecule has 1 aliphatic heterocycles. The summed E-state index contributed by atoms with van der Waals surface area (Å²) in [5.41, 5.74) is 0.582. The monoisotopic (exact) mass is 165 g/mol. The van der Waals surface area contributed by atoms with Crippen molar-refractivity contribution < 1.29 is 0 Å². The van der Waals surface area contributed by atoms with Crippen molar-refractivity contribution in [1.29, 1.82) is 0 Å². The molecule has 1 aliphatic rings. The third kappa shape index (κ3) is 1.09. The fourth-order valence-corrected chi connectivity index (χ4v) is 1.36. The van der Waals surface area contributed by atoms with Crippen LogP contribution in [-0.2, 0) is 6.54 Å². The minimum Gasteiger partial charge on any atom is -0.355 e. The third-order valence-electron chi connectivity index (χ3n) is 2.03. The van der Waals surface area contributed by atoms with Crippen LogP contribution in [0.2, 0.25) is 0 Å². The molecule has 0 saturated heterocycles. The lowest BCUT2D eigenvalue weighted by Gasteiger charge is -2.18.